The highest BCUT2D eigenvalue weighted by atomic mass is 16.5. The highest BCUT2D eigenvalue weighted by Gasteiger charge is 2.52. The molecule has 0 amide bonds. The molecule has 13 rings (SSSR count). The third-order valence-electron chi connectivity index (χ3n) is 13.1. The molecule has 2 aliphatic carbocycles. The molecule has 0 N–H and O–H groups in total. The monoisotopic (exact) mass is 736 g/mol. The summed E-state index contributed by atoms with van der Waals surface area (Å²) in [5.74, 6) is 3.50. The zero-order valence-corrected chi connectivity index (χ0v) is 31.4. The van der Waals surface area contributed by atoms with Gasteiger partial charge in [0.1, 0.15) is 23.0 Å². The van der Waals surface area contributed by atoms with E-state index in [1.165, 1.54) is 72.3 Å². The zero-order valence-electron chi connectivity index (χ0n) is 31.4. The minimum absolute atomic E-state index is 0.00801. The third kappa shape index (κ3) is 4.23. The van der Waals surface area contributed by atoms with Gasteiger partial charge < -0.3 is 9.47 Å². The van der Waals surface area contributed by atoms with Crippen molar-refractivity contribution in [2.45, 2.75) is 5.41 Å². The van der Waals surface area contributed by atoms with Crippen molar-refractivity contribution in [2.24, 2.45) is 0 Å². The highest BCUT2D eigenvalue weighted by Crippen LogP contribution is 2.63. The Morgan fingerprint density at radius 2 is 0.776 bits per heavy atom. The van der Waals surface area contributed by atoms with E-state index in [2.05, 4.69) is 188 Å². The third-order valence-corrected chi connectivity index (χ3v) is 13.1. The molecule has 0 unspecified atom stereocenters. The lowest BCUT2D eigenvalue weighted by Gasteiger charge is -2.33. The second-order valence-electron chi connectivity index (χ2n) is 15.9. The number of hydrogen-bond donors (Lipinski definition) is 0. The molecule has 3 heteroatoms. The van der Waals surface area contributed by atoms with Crippen molar-refractivity contribution in [1.29, 1.82) is 0 Å². The topological polar surface area (TPSA) is 18.5 Å². The van der Waals surface area contributed by atoms with Crippen molar-refractivity contribution < 1.29 is 9.47 Å². The van der Waals surface area contributed by atoms with Gasteiger partial charge in [-0.3, -0.25) is 0 Å². The van der Waals surface area contributed by atoms with E-state index < -0.39 is 5.41 Å². The fourth-order valence-electron chi connectivity index (χ4n) is 10.7. The molecule has 0 radical (unpaired) electrons. The van der Waals surface area contributed by atoms with Gasteiger partial charge in [0.05, 0.1) is 5.41 Å². The molecule has 2 aliphatic heterocycles. The molecule has 58 heavy (non-hydrogen) atoms. The Labute approximate surface area is 337 Å². The van der Waals surface area contributed by atoms with Crippen molar-refractivity contribution >= 4 is 23.1 Å². The molecule has 9 aromatic rings. The SMILES string of the molecule is c1ccc(-c2ccc3c(c2)C2(c4ccccc4-c4ccccc42)c2cc(-c4ccccc4-c4ccc5c(c4)B4c6ccccc6Oc6cccc(c64)O5)ccc2-3)cc1. The lowest BCUT2D eigenvalue weighted by Crippen LogP contribution is -2.57. The van der Waals surface area contributed by atoms with E-state index in [0.717, 1.165) is 44.9 Å². The molecule has 0 fully saturated rings. The van der Waals surface area contributed by atoms with Crippen molar-refractivity contribution in [3.63, 3.8) is 0 Å². The standard InChI is InChI=1S/C55H33BO2/c1-2-13-34(14-3-1)35-25-28-42-43-29-26-36(32-47(43)55(46(42)31-35)44-19-8-6-17-40(44)41-18-7-9-20-45(41)55)38-15-4-5-16-39(38)37-27-30-51-49(33-37)56-48-21-10-11-22-50(48)57-52-23-12-24-53(58-51)54(52)56/h1-33H. The summed E-state index contributed by atoms with van der Waals surface area (Å²) in [6.07, 6.45) is 0. The van der Waals surface area contributed by atoms with Gasteiger partial charge in [-0.05, 0) is 125 Å². The second kappa shape index (κ2) is 11.8. The van der Waals surface area contributed by atoms with Crippen LogP contribution < -0.4 is 25.9 Å². The molecule has 0 saturated carbocycles. The normalized spacial score (nSPS) is 13.9. The maximum absolute atomic E-state index is 6.59. The zero-order chi connectivity index (χ0) is 38.0. The lowest BCUT2D eigenvalue weighted by molar-refractivity contribution is 0.464. The first kappa shape index (κ1) is 31.8. The Kier molecular flexibility index (Phi) is 6.49. The summed E-state index contributed by atoms with van der Waals surface area (Å²) < 4.78 is 13.0. The van der Waals surface area contributed by atoms with Crippen LogP contribution in [-0.4, -0.2) is 6.71 Å². The minimum Gasteiger partial charge on any atom is -0.458 e. The van der Waals surface area contributed by atoms with Crippen LogP contribution in [0.2, 0.25) is 0 Å². The van der Waals surface area contributed by atoms with E-state index >= 15 is 0 Å². The summed E-state index contributed by atoms with van der Waals surface area (Å²) in [6, 6.07) is 73.3. The van der Waals surface area contributed by atoms with E-state index in [4.69, 9.17) is 9.47 Å². The van der Waals surface area contributed by atoms with Crippen LogP contribution in [0.15, 0.2) is 200 Å². The van der Waals surface area contributed by atoms with Crippen molar-refractivity contribution in [2.75, 3.05) is 0 Å². The average Bonchev–Trinajstić information content (AvgIpc) is 3.76. The molecule has 0 saturated heterocycles. The summed E-state index contributed by atoms with van der Waals surface area (Å²) in [7, 11) is 0. The van der Waals surface area contributed by atoms with Crippen molar-refractivity contribution in [3.8, 4) is 78.6 Å². The first-order valence-electron chi connectivity index (χ1n) is 20.1. The number of ether oxygens (including phenoxy) is 2. The molecule has 2 heterocycles. The van der Waals surface area contributed by atoms with Crippen molar-refractivity contribution in [1.82, 2.24) is 0 Å². The molecule has 0 aromatic heterocycles. The van der Waals surface area contributed by atoms with Gasteiger partial charge >= 0.3 is 0 Å². The van der Waals surface area contributed by atoms with Crippen LogP contribution in [-0.2, 0) is 5.41 Å². The molecule has 268 valence electrons. The number of para-hydroxylation sites is 1. The molecular weight excluding hydrogens is 703 g/mol. The van der Waals surface area contributed by atoms with Crippen LogP contribution in [0.3, 0.4) is 0 Å². The van der Waals surface area contributed by atoms with Gasteiger partial charge in [0.25, 0.3) is 6.71 Å². The van der Waals surface area contributed by atoms with Gasteiger partial charge in [-0.25, -0.2) is 0 Å². The van der Waals surface area contributed by atoms with Crippen LogP contribution in [0.1, 0.15) is 22.3 Å². The average molecular weight is 737 g/mol. The first-order chi connectivity index (χ1) is 28.8. The maximum atomic E-state index is 6.59. The van der Waals surface area contributed by atoms with Gasteiger partial charge in [-0.1, -0.05) is 164 Å². The predicted molar refractivity (Wildman–Crippen MR) is 237 cm³/mol. The Hall–Kier alpha value is -7.36. The fourth-order valence-corrected chi connectivity index (χ4v) is 10.7. The molecule has 2 nitrogen and oxygen atoms in total. The Balaban J connectivity index is 1.01. The van der Waals surface area contributed by atoms with E-state index in [-0.39, 0.29) is 6.71 Å². The Morgan fingerprint density at radius 1 is 0.293 bits per heavy atom. The quantitative estimate of drug-likeness (QED) is 0.168. The summed E-state index contributed by atoms with van der Waals surface area (Å²) in [6.45, 7) is 0.00801. The van der Waals surface area contributed by atoms with Crippen LogP contribution in [0, 0.1) is 0 Å². The van der Waals surface area contributed by atoms with Gasteiger partial charge in [-0.15, -0.1) is 0 Å². The first-order valence-corrected chi connectivity index (χ1v) is 20.1. The van der Waals surface area contributed by atoms with E-state index in [1.807, 2.05) is 12.1 Å². The predicted octanol–water partition coefficient (Wildman–Crippen LogP) is 11.8. The molecule has 0 bridgehead atoms. The van der Waals surface area contributed by atoms with Gasteiger partial charge in [0.2, 0.25) is 0 Å². The van der Waals surface area contributed by atoms with Crippen LogP contribution >= 0.6 is 0 Å². The molecule has 4 aliphatic rings. The fraction of sp³-hybridized carbons (Fsp3) is 0.0182. The summed E-state index contributed by atoms with van der Waals surface area (Å²) in [5, 5.41) is 0. The largest absolute Gasteiger partial charge is 0.458 e. The van der Waals surface area contributed by atoms with Gasteiger partial charge in [-0.2, -0.15) is 0 Å². The van der Waals surface area contributed by atoms with Crippen LogP contribution in [0.4, 0.5) is 0 Å². The molecule has 9 aromatic carbocycles. The van der Waals surface area contributed by atoms with E-state index in [0.29, 0.717) is 0 Å². The van der Waals surface area contributed by atoms with Gasteiger partial charge in [0, 0.05) is 5.46 Å². The maximum Gasteiger partial charge on any atom is 0.260 e. The second-order valence-corrected chi connectivity index (χ2v) is 15.9. The van der Waals surface area contributed by atoms with Crippen molar-refractivity contribution in [3.05, 3.63) is 222 Å². The van der Waals surface area contributed by atoms with Gasteiger partial charge in [0.15, 0.2) is 0 Å². The molecule has 0 atom stereocenters. The number of benzene rings is 9. The smallest absolute Gasteiger partial charge is 0.260 e. The summed E-state index contributed by atoms with van der Waals surface area (Å²) in [4.78, 5) is 0. The highest BCUT2D eigenvalue weighted by molar-refractivity contribution is 6.98. The minimum atomic E-state index is -0.460. The van der Waals surface area contributed by atoms with E-state index in [9.17, 15) is 0 Å². The lowest BCUT2D eigenvalue weighted by atomic mass is 9.35. The summed E-state index contributed by atoms with van der Waals surface area (Å²) >= 11 is 0. The Morgan fingerprint density at radius 3 is 1.47 bits per heavy atom. The molecular formula is C55H33BO2. The summed E-state index contributed by atoms with van der Waals surface area (Å²) in [5.41, 5.74) is 20.7. The number of rotatable bonds is 3. The molecule has 1 spiro atoms. The van der Waals surface area contributed by atoms with E-state index in [1.54, 1.807) is 0 Å². The van der Waals surface area contributed by atoms with Crippen LogP contribution in [0.5, 0.6) is 23.0 Å². The number of hydrogen-bond acceptors (Lipinski definition) is 2. The van der Waals surface area contributed by atoms with Crippen LogP contribution in [0.25, 0.3) is 55.6 Å². The number of fused-ring (bicyclic) bond motifs is 14. The Bertz CT molecular complexity index is 3140.